The summed E-state index contributed by atoms with van der Waals surface area (Å²) in [5.74, 6) is -0.0438. The highest BCUT2D eigenvalue weighted by atomic mass is 16.2. The molecule has 2 aromatic carbocycles. The summed E-state index contributed by atoms with van der Waals surface area (Å²) < 4.78 is 2.07. The molecule has 0 atom stereocenters. The van der Waals surface area contributed by atoms with Crippen LogP contribution < -0.4 is 5.32 Å². The molecule has 188 valence electrons. The summed E-state index contributed by atoms with van der Waals surface area (Å²) >= 11 is 0. The van der Waals surface area contributed by atoms with Crippen LogP contribution >= 0.6 is 0 Å². The van der Waals surface area contributed by atoms with Crippen LogP contribution in [0.3, 0.4) is 0 Å². The van der Waals surface area contributed by atoms with E-state index in [9.17, 15) is 9.59 Å². The monoisotopic (exact) mass is 485 g/mol. The maximum Gasteiger partial charge on any atom is 0.274 e. The van der Waals surface area contributed by atoms with E-state index in [4.69, 9.17) is 5.10 Å². The molecule has 3 aromatic rings. The van der Waals surface area contributed by atoms with E-state index in [1.807, 2.05) is 6.07 Å². The largest absolute Gasteiger partial charge is 0.354 e. The minimum Gasteiger partial charge on any atom is -0.354 e. The van der Waals surface area contributed by atoms with Gasteiger partial charge in [0.1, 0.15) is 0 Å². The van der Waals surface area contributed by atoms with Crippen LogP contribution in [0.4, 0.5) is 0 Å². The van der Waals surface area contributed by atoms with Crippen molar-refractivity contribution in [2.24, 2.45) is 0 Å². The lowest BCUT2D eigenvalue weighted by Gasteiger charge is -2.28. The van der Waals surface area contributed by atoms with Gasteiger partial charge >= 0.3 is 0 Å². The molecule has 5 rings (SSSR count). The van der Waals surface area contributed by atoms with Crippen LogP contribution in [-0.2, 0) is 37.1 Å². The minimum absolute atomic E-state index is 0.00492. The van der Waals surface area contributed by atoms with Crippen molar-refractivity contribution in [2.45, 2.75) is 45.2 Å². The summed E-state index contributed by atoms with van der Waals surface area (Å²) in [5.41, 5.74) is 5.47. The topological polar surface area (TPSA) is 70.5 Å². The van der Waals surface area contributed by atoms with Crippen molar-refractivity contribution in [2.75, 3.05) is 32.7 Å². The molecular formula is C29H35N5O2. The molecule has 0 saturated carbocycles. The van der Waals surface area contributed by atoms with Crippen molar-refractivity contribution in [3.05, 3.63) is 88.7 Å². The molecule has 2 aliphatic heterocycles. The maximum absolute atomic E-state index is 13.6. The third kappa shape index (κ3) is 5.85. The highest BCUT2D eigenvalue weighted by molar-refractivity contribution is 5.94. The lowest BCUT2D eigenvalue weighted by molar-refractivity contribution is -0.120. The second-order valence-electron chi connectivity index (χ2n) is 9.74. The van der Waals surface area contributed by atoms with Crippen LogP contribution in [0.15, 0.2) is 60.7 Å². The number of carbonyl (C=O) groups is 2. The zero-order valence-corrected chi connectivity index (χ0v) is 20.9. The zero-order chi connectivity index (χ0) is 24.7. The predicted octanol–water partition coefficient (Wildman–Crippen LogP) is 3.08. The fourth-order valence-electron chi connectivity index (χ4n) is 5.25. The van der Waals surface area contributed by atoms with Gasteiger partial charge in [0, 0.05) is 63.4 Å². The third-order valence-electron chi connectivity index (χ3n) is 7.25. The quantitative estimate of drug-likeness (QED) is 0.532. The van der Waals surface area contributed by atoms with Gasteiger partial charge < -0.3 is 10.2 Å². The van der Waals surface area contributed by atoms with Gasteiger partial charge in [-0.05, 0) is 36.9 Å². The van der Waals surface area contributed by atoms with Gasteiger partial charge in [-0.3, -0.25) is 19.2 Å². The molecule has 0 spiro atoms. The van der Waals surface area contributed by atoms with Crippen molar-refractivity contribution >= 4 is 11.8 Å². The van der Waals surface area contributed by atoms with Crippen LogP contribution in [0.2, 0.25) is 0 Å². The Kier molecular flexibility index (Phi) is 7.76. The number of aryl methyl sites for hydroxylation is 3. The Hall–Kier alpha value is -3.45. The average molecular weight is 486 g/mol. The van der Waals surface area contributed by atoms with Crippen LogP contribution in [0.5, 0.6) is 0 Å². The third-order valence-corrected chi connectivity index (χ3v) is 7.25. The Morgan fingerprint density at radius 3 is 2.33 bits per heavy atom. The van der Waals surface area contributed by atoms with Gasteiger partial charge in [-0.2, -0.15) is 5.10 Å². The molecule has 1 saturated heterocycles. The molecule has 1 N–H and O–H groups in total. The second-order valence-corrected chi connectivity index (χ2v) is 9.74. The summed E-state index contributed by atoms with van der Waals surface area (Å²) in [7, 11) is 0. The first kappa shape index (κ1) is 24.3. The highest BCUT2D eigenvalue weighted by Crippen LogP contribution is 2.25. The molecule has 0 bridgehead atoms. The van der Waals surface area contributed by atoms with Crippen LogP contribution in [-0.4, -0.2) is 64.1 Å². The first-order chi connectivity index (χ1) is 17.7. The molecule has 3 heterocycles. The molecule has 0 radical (unpaired) electrons. The predicted molar refractivity (Wildman–Crippen MR) is 140 cm³/mol. The number of benzene rings is 2. The van der Waals surface area contributed by atoms with Gasteiger partial charge in [0.05, 0.1) is 0 Å². The van der Waals surface area contributed by atoms with E-state index in [1.165, 1.54) is 16.8 Å². The number of nitrogens with zero attached hydrogens (tertiary/aromatic N) is 4. The smallest absolute Gasteiger partial charge is 0.274 e. The number of nitrogens with one attached hydrogen (secondary N) is 1. The molecule has 7 heteroatoms. The average Bonchev–Trinajstić information content (AvgIpc) is 3.13. The number of amides is 2. The number of hydrogen-bond acceptors (Lipinski definition) is 4. The normalized spacial score (nSPS) is 16.3. The Morgan fingerprint density at radius 1 is 0.861 bits per heavy atom. The summed E-state index contributed by atoms with van der Waals surface area (Å²) in [4.78, 5) is 29.7. The van der Waals surface area contributed by atoms with Crippen LogP contribution in [0.25, 0.3) is 0 Å². The summed E-state index contributed by atoms with van der Waals surface area (Å²) in [5, 5.41) is 7.75. The van der Waals surface area contributed by atoms with Crippen molar-refractivity contribution in [1.82, 2.24) is 24.9 Å². The maximum atomic E-state index is 13.6. The summed E-state index contributed by atoms with van der Waals surface area (Å²) in [6.45, 7) is 4.95. The standard InChI is InChI=1S/C29H35N5O2/c35-27-15-19-33(21-16-30-27)29(36)28-25-22-32(17-7-12-23-8-3-1-4-9-23)18-14-26(25)34(31-28)20-13-24-10-5-2-6-11-24/h1-6,8-11H,7,12-22H2,(H,30,35). The molecule has 1 aromatic heterocycles. The Bertz CT molecular complexity index is 1180. The lowest BCUT2D eigenvalue weighted by atomic mass is 10.0. The Morgan fingerprint density at radius 2 is 1.58 bits per heavy atom. The van der Waals surface area contributed by atoms with E-state index in [0.29, 0.717) is 31.7 Å². The Balaban J connectivity index is 1.32. The fraction of sp³-hybridized carbons (Fsp3) is 0.414. The first-order valence-electron chi connectivity index (χ1n) is 13.1. The summed E-state index contributed by atoms with van der Waals surface area (Å²) in [6, 6.07) is 21.0. The zero-order valence-electron chi connectivity index (χ0n) is 20.9. The molecular weight excluding hydrogens is 450 g/mol. The number of hydrogen-bond donors (Lipinski definition) is 1. The second kappa shape index (κ2) is 11.5. The molecule has 1 fully saturated rings. The molecule has 36 heavy (non-hydrogen) atoms. The number of aromatic nitrogens is 2. The van der Waals surface area contributed by atoms with Gasteiger partial charge in [0.25, 0.3) is 5.91 Å². The van der Waals surface area contributed by atoms with E-state index in [2.05, 4.69) is 69.5 Å². The van der Waals surface area contributed by atoms with Gasteiger partial charge in [-0.1, -0.05) is 60.7 Å². The van der Waals surface area contributed by atoms with Crippen molar-refractivity contribution in [3.8, 4) is 0 Å². The van der Waals surface area contributed by atoms with Crippen molar-refractivity contribution < 1.29 is 9.59 Å². The number of rotatable bonds is 8. The van der Waals surface area contributed by atoms with Gasteiger partial charge in [-0.25, -0.2) is 0 Å². The molecule has 2 aliphatic rings. The molecule has 2 amide bonds. The van der Waals surface area contributed by atoms with Crippen molar-refractivity contribution in [1.29, 1.82) is 0 Å². The van der Waals surface area contributed by atoms with E-state index in [-0.39, 0.29) is 11.8 Å². The lowest BCUT2D eigenvalue weighted by Crippen LogP contribution is -2.36. The fourth-order valence-corrected chi connectivity index (χ4v) is 5.25. The minimum atomic E-state index is -0.0488. The van der Waals surface area contributed by atoms with E-state index in [1.54, 1.807) is 4.90 Å². The van der Waals surface area contributed by atoms with Crippen molar-refractivity contribution in [3.63, 3.8) is 0 Å². The van der Waals surface area contributed by atoms with Crippen LogP contribution in [0, 0.1) is 0 Å². The Labute approximate surface area is 213 Å². The van der Waals surface area contributed by atoms with E-state index >= 15 is 0 Å². The van der Waals surface area contributed by atoms with Gasteiger partial charge in [0.15, 0.2) is 5.69 Å². The van der Waals surface area contributed by atoms with Gasteiger partial charge in [0.2, 0.25) is 5.91 Å². The van der Waals surface area contributed by atoms with E-state index < -0.39 is 0 Å². The number of fused-ring (bicyclic) bond motifs is 1. The van der Waals surface area contributed by atoms with E-state index in [0.717, 1.165) is 57.4 Å². The summed E-state index contributed by atoms with van der Waals surface area (Å²) in [6.07, 6.45) is 4.27. The van der Waals surface area contributed by atoms with Crippen LogP contribution in [0.1, 0.15) is 45.7 Å². The SMILES string of the molecule is O=C1CCN(C(=O)c2nn(CCc3ccccc3)c3c2CN(CCCc2ccccc2)CC3)CCN1. The van der Waals surface area contributed by atoms with Gasteiger partial charge in [-0.15, -0.1) is 0 Å². The molecule has 0 aliphatic carbocycles. The highest BCUT2D eigenvalue weighted by Gasteiger charge is 2.31. The number of carbonyl (C=O) groups excluding carboxylic acids is 2. The molecule has 7 nitrogen and oxygen atoms in total. The molecule has 0 unspecified atom stereocenters. The first-order valence-corrected chi connectivity index (χ1v) is 13.1.